The molecule has 0 saturated heterocycles. The van der Waals surface area contributed by atoms with Crippen molar-refractivity contribution in [2.24, 2.45) is 0 Å². The molecule has 0 spiro atoms. The lowest BCUT2D eigenvalue weighted by Gasteiger charge is -2.37. The molecule has 1 atom stereocenters. The molecule has 2 N–H and O–H groups in total. The topological polar surface area (TPSA) is 37.0 Å². The van der Waals surface area contributed by atoms with Crippen LogP contribution in [0, 0.1) is 0 Å². The van der Waals surface area contributed by atoms with Gasteiger partial charge in [0.2, 0.25) is 0 Å². The molecule has 0 fully saturated rings. The first-order valence-corrected chi connectivity index (χ1v) is 13.1. The number of H-pyrrole nitrogens is 1. The normalized spacial score (nSPS) is 13.8. The molecular formula is C20H30BrClN2OSi. The molecule has 0 bridgehead atoms. The number of aromatic nitrogens is 1. The summed E-state index contributed by atoms with van der Waals surface area (Å²) in [6.07, 6.45) is 2.90. The number of aromatic amines is 1. The van der Waals surface area contributed by atoms with Crippen LogP contribution in [-0.2, 0) is 10.8 Å². The summed E-state index contributed by atoms with van der Waals surface area (Å²) in [5.74, 6) is 0. The van der Waals surface area contributed by atoms with Gasteiger partial charge < -0.3 is 14.7 Å². The minimum absolute atomic E-state index is 0.126. The molecule has 1 aromatic carbocycles. The van der Waals surface area contributed by atoms with Crippen molar-refractivity contribution in [1.29, 1.82) is 0 Å². The van der Waals surface area contributed by atoms with E-state index in [0.29, 0.717) is 6.61 Å². The Morgan fingerprint density at radius 2 is 2.00 bits per heavy atom. The van der Waals surface area contributed by atoms with E-state index in [2.05, 4.69) is 72.2 Å². The van der Waals surface area contributed by atoms with Gasteiger partial charge in [0.1, 0.15) is 0 Å². The molecule has 0 radical (unpaired) electrons. The maximum Gasteiger partial charge on any atom is 0.192 e. The second-order valence-electron chi connectivity index (χ2n) is 8.23. The number of halogens is 2. The molecule has 144 valence electrons. The van der Waals surface area contributed by atoms with Crippen LogP contribution in [0.5, 0.6) is 0 Å². The molecule has 26 heavy (non-hydrogen) atoms. The number of hydrogen-bond acceptors (Lipinski definition) is 2. The minimum Gasteiger partial charge on any atom is -0.415 e. The largest absolute Gasteiger partial charge is 0.415 e. The van der Waals surface area contributed by atoms with Gasteiger partial charge in [-0.2, -0.15) is 0 Å². The van der Waals surface area contributed by atoms with E-state index in [1.54, 1.807) is 0 Å². The van der Waals surface area contributed by atoms with Crippen molar-refractivity contribution >= 4 is 35.8 Å². The molecule has 0 aliphatic carbocycles. The number of hydrogen-bond donors (Lipinski definition) is 2. The monoisotopic (exact) mass is 456 g/mol. The second kappa shape index (κ2) is 9.07. The molecule has 1 unspecified atom stereocenters. The van der Waals surface area contributed by atoms with Gasteiger partial charge in [-0.05, 0) is 64.2 Å². The van der Waals surface area contributed by atoms with Gasteiger partial charge >= 0.3 is 0 Å². The molecule has 0 saturated carbocycles. The molecule has 6 heteroatoms. The fourth-order valence-electron chi connectivity index (χ4n) is 2.44. The summed E-state index contributed by atoms with van der Waals surface area (Å²) in [5.41, 5.74) is 2.38. The molecule has 2 aromatic rings. The van der Waals surface area contributed by atoms with E-state index in [0.717, 1.165) is 22.5 Å². The van der Waals surface area contributed by atoms with Crippen molar-refractivity contribution in [2.75, 3.05) is 13.2 Å². The van der Waals surface area contributed by atoms with Gasteiger partial charge in [0.05, 0.1) is 12.6 Å². The van der Waals surface area contributed by atoms with E-state index >= 15 is 0 Å². The summed E-state index contributed by atoms with van der Waals surface area (Å²) in [4.78, 5) is 3.27. The Morgan fingerprint density at radius 3 is 2.58 bits per heavy atom. The molecule has 0 aliphatic rings. The SMILES string of the molecule is CC(C)(C)[Si](C)(C)OCC(NCCc1cc(Br)c[nH]1)c1cccc(Cl)c1. The van der Waals surface area contributed by atoms with Crippen molar-refractivity contribution in [3.8, 4) is 0 Å². The van der Waals surface area contributed by atoms with Crippen LogP contribution in [0.15, 0.2) is 41.0 Å². The highest BCUT2D eigenvalue weighted by molar-refractivity contribution is 9.10. The van der Waals surface area contributed by atoms with Gasteiger partial charge in [-0.25, -0.2) is 0 Å². The van der Waals surface area contributed by atoms with E-state index < -0.39 is 8.32 Å². The zero-order valence-corrected chi connectivity index (χ0v) is 19.7. The van der Waals surface area contributed by atoms with Crippen LogP contribution in [0.4, 0.5) is 0 Å². The number of benzene rings is 1. The van der Waals surface area contributed by atoms with E-state index in [1.165, 1.54) is 11.3 Å². The Balaban J connectivity index is 2.04. The van der Waals surface area contributed by atoms with Crippen LogP contribution in [0.25, 0.3) is 0 Å². The van der Waals surface area contributed by atoms with Crippen LogP contribution in [0.1, 0.15) is 38.1 Å². The van der Waals surface area contributed by atoms with Crippen molar-refractivity contribution in [3.05, 3.63) is 57.3 Å². The third kappa shape index (κ3) is 6.24. The predicted octanol–water partition coefficient (Wildman–Crippen LogP) is 6.33. The third-order valence-electron chi connectivity index (χ3n) is 5.16. The Morgan fingerprint density at radius 1 is 1.27 bits per heavy atom. The molecule has 0 aliphatic heterocycles. The second-order valence-corrected chi connectivity index (χ2v) is 14.4. The first-order valence-electron chi connectivity index (χ1n) is 9.04. The van der Waals surface area contributed by atoms with Crippen LogP contribution < -0.4 is 5.32 Å². The summed E-state index contributed by atoms with van der Waals surface area (Å²) >= 11 is 9.70. The molecule has 3 nitrogen and oxygen atoms in total. The van der Waals surface area contributed by atoms with Gasteiger partial charge in [-0.15, -0.1) is 0 Å². The highest BCUT2D eigenvalue weighted by Gasteiger charge is 2.37. The van der Waals surface area contributed by atoms with Crippen molar-refractivity contribution in [1.82, 2.24) is 10.3 Å². The Bertz CT molecular complexity index is 712. The average molecular weight is 458 g/mol. The minimum atomic E-state index is -1.80. The first-order chi connectivity index (χ1) is 12.1. The Hall–Kier alpha value is -0.593. The van der Waals surface area contributed by atoms with Crippen molar-refractivity contribution in [2.45, 2.75) is 51.4 Å². The lowest BCUT2D eigenvalue weighted by Crippen LogP contribution is -2.43. The quantitative estimate of drug-likeness (QED) is 0.455. The van der Waals surface area contributed by atoms with E-state index in [-0.39, 0.29) is 11.1 Å². The van der Waals surface area contributed by atoms with Gasteiger partial charge in [0, 0.05) is 27.9 Å². The van der Waals surface area contributed by atoms with Gasteiger partial charge in [-0.1, -0.05) is 44.5 Å². The van der Waals surface area contributed by atoms with Crippen LogP contribution >= 0.6 is 27.5 Å². The maximum absolute atomic E-state index is 6.48. The predicted molar refractivity (Wildman–Crippen MR) is 118 cm³/mol. The lowest BCUT2D eigenvalue weighted by atomic mass is 10.1. The van der Waals surface area contributed by atoms with Crippen LogP contribution in [0.2, 0.25) is 23.2 Å². The summed E-state index contributed by atoms with van der Waals surface area (Å²) in [6.45, 7) is 12.9. The van der Waals surface area contributed by atoms with E-state index in [1.807, 2.05) is 24.4 Å². The maximum atomic E-state index is 6.48. The summed E-state index contributed by atoms with van der Waals surface area (Å²) in [7, 11) is -1.80. The fourth-order valence-corrected chi connectivity index (χ4v) is 4.05. The fraction of sp³-hybridized carbons (Fsp3) is 0.500. The third-order valence-corrected chi connectivity index (χ3v) is 10.4. The van der Waals surface area contributed by atoms with Gasteiger partial charge in [0.25, 0.3) is 0 Å². The summed E-state index contributed by atoms with van der Waals surface area (Å²) in [6, 6.07) is 10.3. The smallest absolute Gasteiger partial charge is 0.192 e. The van der Waals surface area contributed by atoms with Crippen molar-refractivity contribution in [3.63, 3.8) is 0 Å². The number of nitrogens with one attached hydrogen (secondary N) is 2. The standard InChI is InChI=1S/C20H30BrClN2OSi/c1-20(2,3)26(4,5)25-14-19(15-7-6-8-17(22)11-15)23-10-9-18-12-16(21)13-24-18/h6-8,11-13,19,23-24H,9-10,14H2,1-5H3. The average Bonchev–Trinajstić information content (AvgIpc) is 2.95. The highest BCUT2D eigenvalue weighted by Crippen LogP contribution is 2.37. The summed E-state index contributed by atoms with van der Waals surface area (Å²) < 4.78 is 7.56. The molecule has 1 aromatic heterocycles. The molecular weight excluding hydrogens is 428 g/mol. The Kier molecular flexibility index (Phi) is 7.57. The highest BCUT2D eigenvalue weighted by atomic mass is 79.9. The van der Waals surface area contributed by atoms with Crippen LogP contribution in [0.3, 0.4) is 0 Å². The molecule has 2 rings (SSSR count). The van der Waals surface area contributed by atoms with Gasteiger partial charge in [-0.3, -0.25) is 0 Å². The van der Waals surface area contributed by atoms with Crippen molar-refractivity contribution < 1.29 is 4.43 Å². The number of rotatable bonds is 8. The van der Waals surface area contributed by atoms with Crippen LogP contribution in [-0.4, -0.2) is 26.5 Å². The molecule has 1 heterocycles. The Labute approximate surface area is 172 Å². The zero-order chi connectivity index (χ0) is 19.4. The lowest BCUT2D eigenvalue weighted by molar-refractivity contribution is 0.244. The molecule has 0 amide bonds. The van der Waals surface area contributed by atoms with Gasteiger partial charge in [0.15, 0.2) is 8.32 Å². The van der Waals surface area contributed by atoms with E-state index in [9.17, 15) is 0 Å². The van der Waals surface area contributed by atoms with E-state index in [4.69, 9.17) is 16.0 Å². The first kappa shape index (κ1) is 21.7. The zero-order valence-electron chi connectivity index (χ0n) is 16.3. The summed E-state index contributed by atoms with van der Waals surface area (Å²) in [5, 5.41) is 4.60.